The predicted molar refractivity (Wildman–Crippen MR) is 77.4 cm³/mol. The molecule has 0 aliphatic heterocycles. The van der Waals surface area contributed by atoms with E-state index in [0.29, 0.717) is 0 Å². The second-order valence-electron chi connectivity index (χ2n) is 3.76. The third kappa shape index (κ3) is 10.3. The average molecular weight is 443 g/mol. The zero-order valence-electron chi connectivity index (χ0n) is 10.4. The Bertz CT molecular complexity index is 555. The summed E-state index contributed by atoms with van der Waals surface area (Å²) in [6.45, 7) is 0.328. The van der Waals surface area contributed by atoms with Gasteiger partial charge in [-0.2, -0.15) is 0 Å². The van der Waals surface area contributed by atoms with Crippen molar-refractivity contribution in [2.45, 2.75) is 19.4 Å². The Labute approximate surface area is 128 Å². The normalized spacial score (nSPS) is 13.7. The van der Waals surface area contributed by atoms with E-state index in [0.717, 1.165) is 0 Å². The van der Waals surface area contributed by atoms with Crippen LogP contribution in [0.5, 0.6) is 0 Å². The fourth-order valence-corrected chi connectivity index (χ4v) is 3.94. The van der Waals surface area contributed by atoms with Gasteiger partial charge in [0.05, 0.1) is 32.7 Å². The van der Waals surface area contributed by atoms with Crippen molar-refractivity contribution in [2.24, 2.45) is 0 Å². The second kappa shape index (κ2) is 8.09. The van der Waals surface area contributed by atoms with E-state index >= 15 is 0 Å². The van der Waals surface area contributed by atoms with E-state index in [-0.39, 0.29) is 12.2 Å². The first-order valence-corrected chi connectivity index (χ1v) is 11.1. The summed E-state index contributed by atoms with van der Waals surface area (Å²) in [5.74, 6) is -3.16. The highest BCUT2D eigenvalue weighted by Gasteiger charge is 2.22. The van der Waals surface area contributed by atoms with E-state index in [9.17, 15) is 26.4 Å². The Morgan fingerprint density at radius 3 is 2.25 bits per heavy atom. The van der Waals surface area contributed by atoms with Crippen LogP contribution in [-0.2, 0) is 31.4 Å². The van der Waals surface area contributed by atoms with Gasteiger partial charge in [0.25, 0.3) is 0 Å². The van der Waals surface area contributed by atoms with Gasteiger partial charge in [-0.05, 0) is 13.3 Å². The van der Waals surface area contributed by atoms with Crippen molar-refractivity contribution in [1.82, 2.24) is 4.72 Å². The molecule has 12 heteroatoms. The first-order valence-electron chi connectivity index (χ1n) is 5.24. The van der Waals surface area contributed by atoms with Gasteiger partial charge in [0.2, 0.25) is 17.0 Å². The maximum absolute atomic E-state index is 11.5. The zero-order chi connectivity index (χ0) is 16.0. The average Bonchev–Trinajstić information content (AvgIpc) is 2.22. The SMILES string of the molecule is CC(NS(=O)(=O)CCCS(=O)(=O)I)C(=O)OCC(=O)O. The minimum atomic E-state index is -3.85. The molecular formula is C8H14INO8S2. The Kier molecular flexibility index (Phi) is 7.90. The lowest BCUT2D eigenvalue weighted by atomic mass is 10.4. The molecule has 0 rings (SSSR count). The van der Waals surface area contributed by atoms with Crippen LogP contribution in [0.15, 0.2) is 0 Å². The van der Waals surface area contributed by atoms with Crippen LogP contribution in [0.25, 0.3) is 0 Å². The third-order valence-electron chi connectivity index (χ3n) is 1.85. The van der Waals surface area contributed by atoms with E-state index in [4.69, 9.17) is 5.11 Å². The lowest BCUT2D eigenvalue weighted by Gasteiger charge is -2.12. The number of esters is 1. The standard InChI is InChI=1S/C8H14INO8S2/c1-6(8(13)18-5-7(11)12)10-20(16,17)4-2-3-19(9,14)15/h6,10H,2-5H2,1H3,(H,11,12). The summed E-state index contributed by atoms with van der Waals surface area (Å²) < 4.78 is 51.0. The summed E-state index contributed by atoms with van der Waals surface area (Å²) in [4.78, 5) is 21.4. The van der Waals surface area contributed by atoms with Gasteiger partial charge >= 0.3 is 11.9 Å². The van der Waals surface area contributed by atoms with Crippen molar-refractivity contribution in [3.05, 3.63) is 0 Å². The summed E-state index contributed by atoms with van der Waals surface area (Å²) >= 11 is 1.21. The number of ether oxygens (including phenoxy) is 1. The number of hydrogen-bond acceptors (Lipinski definition) is 7. The first kappa shape index (κ1) is 19.5. The van der Waals surface area contributed by atoms with E-state index < -0.39 is 47.4 Å². The summed E-state index contributed by atoms with van der Waals surface area (Å²) in [7, 11) is -7.14. The number of carbonyl (C=O) groups is 2. The molecule has 0 aromatic rings. The number of rotatable bonds is 9. The van der Waals surface area contributed by atoms with Crippen molar-refractivity contribution in [3.8, 4) is 0 Å². The van der Waals surface area contributed by atoms with Crippen LogP contribution >= 0.6 is 21.2 Å². The van der Waals surface area contributed by atoms with Crippen molar-refractivity contribution in [3.63, 3.8) is 0 Å². The van der Waals surface area contributed by atoms with Gasteiger partial charge in [-0.3, -0.25) is 4.79 Å². The van der Waals surface area contributed by atoms with Crippen LogP contribution in [0, 0.1) is 0 Å². The molecule has 0 saturated heterocycles. The van der Waals surface area contributed by atoms with Gasteiger partial charge in [-0.15, -0.1) is 0 Å². The maximum Gasteiger partial charge on any atom is 0.341 e. The quantitative estimate of drug-likeness (QED) is 0.265. The molecule has 0 amide bonds. The molecule has 0 aliphatic carbocycles. The molecule has 9 nitrogen and oxygen atoms in total. The Balaban J connectivity index is 4.31. The van der Waals surface area contributed by atoms with Crippen LogP contribution in [0.4, 0.5) is 0 Å². The first-order chi connectivity index (χ1) is 8.93. The number of aliphatic carboxylic acids is 1. The topological polar surface area (TPSA) is 144 Å². The summed E-state index contributed by atoms with van der Waals surface area (Å²) in [5.41, 5.74) is 0. The molecule has 1 atom stereocenters. The molecule has 0 aromatic heterocycles. The fourth-order valence-electron chi connectivity index (χ4n) is 1.06. The number of sulfonamides is 1. The summed E-state index contributed by atoms with van der Waals surface area (Å²) in [5, 5.41) is 8.30. The minimum absolute atomic E-state index is 0.114. The van der Waals surface area contributed by atoms with Gasteiger partial charge in [-0.1, -0.05) is 0 Å². The molecule has 0 bridgehead atoms. The number of carboxylic acid groups (broad SMARTS) is 1. The van der Waals surface area contributed by atoms with Crippen molar-refractivity contribution < 1.29 is 36.3 Å². The highest BCUT2D eigenvalue weighted by atomic mass is 127. The maximum atomic E-state index is 11.5. The predicted octanol–water partition coefficient (Wildman–Crippen LogP) is -0.923. The smallest absolute Gasteiger partial charge is 0.341 e. The number of carbonyl (C=O) groups excluding carboxylic acids is 1. The summed E-state index contributed by atoms with van der Waals surface area (Å²) in [6, 6.07) is -1.25. The Hall–Kier alpha value is -0.470. The van der Waals surface area contributed by atoms with Crippen LogP contribution in [0.3, 0.4) is 0 Å². The summed E-state index contributed by atoms with van der Waals surface area (Å²) in [6.07, 6.45) is -0.114. The van der Waals surface area contributed by atoms with Crippen LogP contribution in [-0.4, -0.2) is 58.0 Å². The lowest BCUT2D eigenvalue weighted by Crippen LogP contribution is -2.41. The van der Waals surface area contributed by atoms with Gasteiger partial charge < -0.3 is 9.84 Å². The van der Waals surface area contributed by atoms with Crippen molar-refractivity contribution >= 4 is 50.2 Å². The van der Waals surface area contributed by atoms with Crippen molar-refractivity contribution in [2.75, 3.05) is 18.1 Å². The molecule has 2 N–H and O–H groups in total. The molecule has 0 radical (unpaired) electrons. The zero-order valence-corrected chi connectivity index (χ0v) is 14.2. The van der Waals surface area contributed by atoms with Gasteiger partial charge in [0, 0.05) is 0 Å². The molecule has 20 heavy (non-hydrogen) atoms. The highest BCUT2D eigenvalue weighted by Crippen LogP contribution is 2.04. The van der Waals surface area contributed by atoms with E-state index in [2.05, 4.69) is 4.74 Å². The van der Waals surface area contributed by atoms with Crippen LogP contribution in [0.2, 0.25) is 0 Å². The molecule has 0 spiro atoms. The van der Waals surface area contributed by atoms with Gasteiger partial charge in [0.1, 0.15) is 6.04 Å². The van der Waals surface area contributed by atoms with E-state index in [1.165, 1.54) is 28.1 Å². The molecule has 0 aliphatic rings. The monoisotopic (exact) mass is 443 g/mol. The van der Waals surface area contributed by atoms with E-state index in [1.54, 1.807) is 0 Å². The highest BCUT2D eigenvalue weighted by molar-refractivity contribution is 14.2. The lowest BCUT2D eigenvalue weighted by molar-refractivity contribution is -0.155. The fraction of sp³-hybridized carbons (Fsp3) is 0.750. The second-order valence-corrected chi connectivity index (χ2v) is 11.1. The molecule has 118 valence electrons. The Morgan fingerprint density at radius 1 is 1.25 bits per heavy atom. The number of nitrogens with one attached hydrogen (secondary N) is 1. The number of hydrogen-bond donors (Lipinski definition) is 2. The van der Waals surface area contributed by atoms with E-state index in [1.807, 2.05) is 4.72 Å². The molecule has 1 unspecified atom stereocenters. The molecular weight excluding hydrogens is 429 g/mol. The molecule has 0 aromatic carbocycles. The van der Waals surface area contributed by atoms with Gasteiger partial charge in [0.15, 0.2) is 6.61 Å². The molecule has 0 heterocycles. The third-order valence-corrected chi connectivity index (χ3v) is 5.49. The molecule has 0 saturated carbocycles. The number of carboxylic acids is 1. The number of halogens is 1. The molecule has 0 fully saturated rings. The minimum Gasteiger partial charge on any atom is -0.479 e. The Morgan fingerprint density at radius 2 is 1.80 bits per heavy atom. The van der Waals surface area contributed by atoms with Crippen molar-refractivity contribution in [1.29, 1.82) is 0 Å². The largest absolute Gasteiger partial charge is 0.479 e. The van der Waals surface area contributed by atoms with Crippen LogP contribution < -0.4 is 4.72 Å². The van der Waals surface area contributed by atoms with Gasteiger partial charge in [-0.25, -0.2) is 26.4 Å². The van der Waals surface area contributed by atoms with Crippen LogP contribution in [0.1, 0.15) is 13.3 Å².